The fraction of sp³-hybridized carbons (Fsp3) is 0.500. The summed E-state index contributed by atoms with van der Waals surface area (Å²) in [6, 6.07) is 6.29. The average molecular weight is 411 g/mol. The predicted octanol–water partition coefficient (Wildman–Crippen LogP) is 5.85. The zero-order chi connectivity index (χ0) is 21.0. The highest BCUT2D eigenvalue weighted by Gasteiger charge is 2.11. The second-order valence-electron chi connectivity index (χ2n) is 5.61. The number of rotatable bonds is 5. The van der Waals surface area contributed by atoms with Gasteiger partial charge in [-0.2, -0.15) is 5.10 Å². The first-order valence-electron chi connectivity index (χ1n) is 9.71. The Morgan fingerprint density at radius 1 is 1.11 bits per heavy atom. The molecule has 0 aliphatic carbocycles. The number of hydrogen-bond donors (Lipinski definition) is 1. The summed E-state index contributed by atoms with van der Waals surface area (Å²) in [5.41, 5.74) is 2.05. The van der Waals surface area contributed by atoms with Gasteiger partial charge in [0.25, 0.3) is 0 Å². The van der Waals surface area contributed by atoms with E-state index in [2.05, 4.69) is 31.1 Å². The van der Waals surface area contributed by atoms with Gasteiger partial charge in [-0.3, -0.25) is 4.68 Å². The van der Waals surface area contributed by atoms with Crippen LogP contribution in [-0.2, 0) is 11.6 Å². The fourth-order valence-electron chi connectivity index (χ4n) is 2.54. The molecule has 0 unspecified atom stereocenters. The van der Waals surface area contributed by atoms with Gasteiger partial charge in [-0.1, -0.05) is 39.8 Å². The number of halogens is 1. The molecule has 27 heavy (non-hydrogen) atoms. The molecule has 0 amide bonds. The average Bonchev–Trinajstić information content (AvgIpc) is 3.12. The van der Waals surface area contributed by atoms with E-state index in [1.807, 2.05) is 64.4 Å². The number of phenolic OH excluding ortho intramolecular Hbond substituents is 1. The summed E-state index contributed by atoms with van der Waals surface area (Å²) in [6.07, 6.45) is 3.95. The summed E-state index contributed by atoms with van der Waals surface area (Å²) < 4.78 is 2.02. The van der Waals surface area contributed by atoms with Gasteiger partial charge in [0.2, 0.25) is 0 Å². The Hall–Kier alpha value is -1.39. The maximum absolute atomic E-state index is 10.2. The molecule has 0 bridgehead atoms. The summed E-state index contributed by atoms with van der Waals surface area (Å²) in [7, 11) is 0. The molecule has 1 heterocycles. The number of alkyl halides is 1. The van der Waals surface area contributed by atoms with Crippen LogP contribution in [0, 0.1) is 0 Å². The van der Waals surface area contributed by atoms with Crippen LogP contribution in [0.4, 0.5) is 0 Å². The molecule has 1 aromatic heterocycles. The summed E-state index contributed by atoms with van der Waals surface area (Å²) in [6.45, 7) is 16.1. The maximum atomic E-state index is 10.2. The molecule has 0 aliphatic heterocycles. The molecule has 0 aliphatic rings. The monoisotopic (exact) mass is 410 g/mol. The van der Waals surface area contributed by atoms with E-state index < -0.39 is 0 Å². The molecule has 0 radical (unpaired) electrons. The quantitative estimate of drug-likeness (QED) is 0.496. The van der Waals surface area contributed by atoms with Gasteiger partial charge in [-0.05, 0) is 51.1 Å². The van der Waals surface area contributed by atoms with Gasteiger partial charge in [-0.25, -0.2) is 0 Å². The molecule has 2 aromatic rings. The Labute approximate surface area is 174 Å². The minimum absolute atomic E-state index is 0.299. The van der Waals surface area contributed by atoms with Crippen LogP contribution in [0.25, 0.3) is 12.2 Å². The van der Waals surface area contributed by atoms with Crippen LogP contribution in [-0.4, -0.2) is 14.9 Å². The number of nitrogens with zero attached hydrogens (tertiary/aromatic N) is 2. The second kappa shape index (κ2) is 13.7. The Morgan fingerprint density at radius 2 is 1.74 bits per heavy atom. The van der Waals surface area contributed by atoms with E-state index in [0.717, 1.165) is 32.5 Å². The lowest BCUT2D eigenvalue weighted by molar-refractivity contribution is 0.468. The molecule has 2 rings (SSSR count). The third-order valence-electron chi connectivity index (χ3n) is 3.64. The lowest BCUT2D eigenvalue weighted by atomic mass is 10.2. The van der Waals surface area contributed by atoms with Crippen molar-refractivity contribution in [1.82, 2.24) is 9.78 Å². The highest BCUT2D eigenvalue weighted by molar-refractivity contribution is 7.98. The number of hydrogen-bond acceptors (Lipinski definition) is 3. The fourth-order valence-corrected chi connectivity index (χ4v) is 3.60. The molecule has 1 N–H and O–H groups in total. The van der Waals surface area contributed by atoms with Crippen molar-refractivity contribution < 1.29 is 5.11 Å². The SMILES string of the molecule is C/C=c1/cc(SCc2cc(CCl)nn2C(C)C)cc(O)/c1=C/C.CC.CC. The van der Waals surface area contributed by atoms with Crippen LogP contribution < -0.4 is 10.4 Å². The third-order valence-corrected chi connectivity index (χ3v) is 4.92. The lowest BCUT2D eigenvalue weighted by Crippen LogP contribution is -2.24. The van der Waals surface area contributed by atoms with E-state index in [0.29, 0.717) is 17.7 Å². The molecule has 152 valence electrons. The Morgan fingerprint density at radius 3 is 2.22 bits per heavy atom. The molecule has 0 saturated heterocycles. The van der Waals surface area contributed by atoms with Gasteiger partial charge in [0.15, 0.2) is 0 Å². The number of benzene rings is 1. The zero-order valence-corrected chi connectivity index (χ0v) is 19.6. The molecule has 1 aromatic carbocycles. The van der Waals surface area contributed by atoms with Crippen molar-refractivity contribution in [2.45, 2.75) is 78.0 Å². The summed E-state index contributed by atoms with van der Waals surface area (Å²) >= 11 is 7.60. The number of aromatic nitrogens is 2. The highest BCUT2D eigenvalue weighted by atomic mass is 35.5. The van der Waals surface area contributed by atoms with Crippen molar-refractivity contribution >= 4 is 35.5 Å². The molecular weight excluding hydrogens is 376 g/mol. The number of phenols is 1. The first-order chi connectivity index (χ1) is 13.0. The van der Waals surface area contributed by atoms with Crippen molar-refractivity contribution in [3.8, 4) is 5.75 Å². The van der Waals surface area contributed by atoms with E-state index in [-0.39, 0.29) is 0 Å². The minimum atomic E-state index is 0.299. The highest BCUT2D eigenvalue weighted by Crippen LogP contribution is 2.25. The van der Waals surface area contributed by atoms with Gasteiger partial charge in [0.05, 0.1) is 11.6 Å². The van der Waals surface area contributed by atoms with E-state index in [4.69, 9.17) is 11.6 Å². The summed E-state index contributed by atoms with van der Waals surface area (Å²) in [5, 5.41) is 16.6. The van der Waals surface area contributed by atoms with Gasteiger partial charge < -0.3 is 5.11 Å². The van der Waals surface area contributed by atoms with Crippen molar-refractivity contribution in [2.24, 2.45) is 0 Å². The van der Waals surface area contributed by atoms with E-state index in [1.165, 1.54) is 0 Å². The number of aromatic hydroxyl groups is 1. The van der Waals surface area contributed by atoms with Crippen molar-refractivity contribution in [2.75, 3.05) is 0 Å². The van der Waals surface area contributed by atoms with E-state index >= 15 is 0 Å². The maximum Gasteiger partial charge on any atom is 0.124 e. The predicted molar refractivity (Wildman–Crippen MR) is 122 cm³/mol. The van der Waals surface area contributed by atoms with Crippen LogP contribution in [0.2, 0.25) is 0 Å². The van der Waals surface area contributed by atoms with Crippen LogP contribution in [0.5, 0.6) is 5.75 Å². The molecular formula is C22H35ClN2OS. The Kier molecular flexibility index (Phi) is 13.0. The normalized spacial score (nSPS) is 11.8. The minimum Gasteiger partial charge on any atom is -0.507 e. The van der Waals surface area contributed by atoms with E-state index in [1.54, 1.807) is 11.8 Å². The third kappa shape index (κ3) is 7.27. The van der Waals surface area contributed by atoms with E-state index in [9.17, 15) is 5.11 Å². The van der Waals surface area contributed by atoms with Crippen LogP contribution >= 0.6 is 23.4 Å². The molecule has 0 atom stereocenters. The van der Waals surface area contributed by atoms with Crippen LogP contribution in [0.1, 0.15) is 72.8 Å². The van der Waals surface area contributed by atoms with Gasteiger partial charge in [0, 0.05) is 27.6 Å². The van der Waals surface area contributed by atoms with Gasteiger partial charge in [0.1, 0.15) is 5.75 Å². The zero-order valence-electron chi connectivity index (χ0n) is 18.0. The first-order valence-corrected chi connectivity index (χ1v) is 11.2. The Balaban J connectivity index is 0.00000158. The largest absolute Gasteiger partial charge is 0.507 e. The summed E-state index contributed by atoms with van der Waals surface area (Å²) in [4.78, 5) is 1.05. The standard InChI is InChI=1S/C18H23ClN2OS.2C2H6/c1-5-13-7-16(9-18(22)17(13)6-2)23-11-15-8-14(10-19)20-21(15)12(3)4;2*1-2/h5-9,12,22H,10-11H2,1-4H3;2*1-2H3/b13-5-,17-6+;;. The topological polar surface area (TPSA) is 38.0 Å². The molecule has 0 saturated carbocycles. The van der Waals surface area contributed by atoms with Gasteiger partial charge in [-0.15, -0.1) is 23.4 Å². The molecule has 0 spiro atoms. The first kappa shape index (κ1) is 25.6. The second-order valence-corrected chi connectivity index (χ2v) is 6.93. The summed E-state index contributed by atoms with van der Waals surface area (Å²) in [5.74, 6) is 1.54. The smallest absolute Gasteiger partial charge is 0.124 e. The van der Waals surface area contributed by atoms with Crippen molar-refractivity contribution in [1.29, 1.82) is 0 Å². The molecule has 0 fully saturated rings. The van der Waals surface area contributed by atoms with Crippen LogP contribution in [0.15, 0.2) is 23.1 Å². The lowest BCUT2D eigenvalue weighted by Gasteiger charge is -2.11. The molecule has 3 nitrogen and oxygen atoms in total. The van der Waals surface area contributed by atoms with Crippen LogP contribution in [0.3, 0.4) is 0 Å². The Bertz CT molecular complexity index is 797. The van der Waals surface area contributed by atoms with Crippen molar-refractivity contribution in [3.05, 3.63) is 40.0 Å². The van der Waals surface area contributed by atoms with Gasteiger partial charge >= 0.3 is 0 Å². The van der Waals surface area contributed by atoms with Crippen molar-refractivity contribution in [3.63, 3.8) is 0 Å². The number of thioether (sulfide) groups is 1. The molecule has 5 heteroatoms.